The molecule has 0 aromatic heterocycles. The van der Waals surface area contributed by atoms with Gasteiger partial charge in [0.25, 0.3) is 0 Å². The number of hydrogen-bond donors (Lipinski definition) is 1. The molecule has 0 heterocycles. The van der Waals surface area contributed by atoms with Crippen LogP contribution in [0, 0.1) is 0 Å². The van der Waals surface area contributed by atoms with Crippen LogP contribution in [0.4, 0.5) is 18.9 Å². The van der Waals surface area contributed by atoms with E-state index >= 15 is 0 Å². The van der Waals surface area contributed by atoms with Gasteiger partial charge in [0.1, 0.15) is 6.54 Å². The highest BCUT2D eigenvalue weighted by atomic mass is 19.4. The fraction of sp³-hybridized carbons (Fsp3) is 0.467. The van der Waals surface area contributed by atoms with E-state index in [0.29, 0.717) is 0 Å². The van der Waals surface area contributed by atoms with Crippen molar-refractivity contribution in [3.8, 4) is 0 Å². The van der Waals surface area contributed by atoms with Gasteiger partial charge in [-0.3, -0.25) is 9.59 Å². The van der Waals surface area contributed by atoms with Crippen LogP contribution in [-0.2, 0) is 15.8 Å². The van der Waals surface area contributed by atoms with Crippen LogP contribution in [0.2, 0.25) is 0 Å². The molecule has 0 fully saturated rings. The summed E-state index contributed by atoms with van der Waals surface area (Å²) in [5.74, 6) is -0.916. The first-order chi connectivity index (χ1) is 10.1. The summed E-state index contributed by atoms with van der Waals surface area (Å²) in [5.41, 5.74) is -0.819. The summed E-state index contributed by atoms with van der Waals surface area (Å²) in [6, 6.07) is 4.29. The molecule has 1 atom stereocenters. The lowest BCUT2D eigenvalue weighted by Gasteiger charge is -2.22. The van der Waals surface area contributed by atoms with Gasteiger partial charge in [0.05, 0.1) is 5.56 Å². The Morgan fingerprint density at radius 3 is 2.45 bits per heavy atom. The summed E-state index contributed by atoms with van der Waals surface area (Å²) in [6.07, 6.45) is -3.78. The number of carbonyl (C=O) groups excluding carboxylic acids is 2. The first-order valence-electron chi connectivity index (χ1n) is 6.89. The first-order valence-corrected chi connectivity index (χ1v) is 6.89. The Morgan fingerprint density at radius 1 is 1.32 bits per heavy atom. The van der Waals surface area contributed by atoms with E-state index in [2.05, 4.69) is 5.32 Å². The number of hydrogen-bond acceptors (Lipinski definition) is 2. The number of halogens is 3. The number of benzene rings is 1. The summed E-state index contributed by atoms with van der Waals surface area (Å²) in [4.78, 5) is 24.5. The van der Waals surface area contributed by atoms with Crippen molar-refractivity contribution in [1.29, 1.82) is 0 Å². The van der Waals surface area contributed by atoms with Crippen molar-refractivity contribution < 1.29 is 22.8 Å². The minimum Gasteiger partial charge on any atom is -0.352 e. The van der Waals surface area contributed by atoms with Crippen molar-refractivity contribution in [2.24, 2.45) is 0 Å². The Bertz CT molecular complexity index is 544. The Hall–Kier alpha value is -2.05. The molecule has 0 saturated heterocycles. The van der Waals surface area contributed by atoms with Gasteiger partial charge in [-0.25, -0.2) is 0 Å². The van der Waals surface area contributed by atoms with Gasteiger partial charge in [-0.2, -0.15) is 13.2 Å². The molecule has 0 saturated carbocycles. The summed E-state index contributed by atoms with van der Waals surface area (Å²) in [5, 5.41) is 2.67. The SMILES string of the molecule is CCC(C)NC(=O)CN(C(C)=O)c1cccc(C(F)(F)F)c1. The lowest BCUT2D eigenvalue weighted by Crippen LogP contribution is -2.42. The molecule has 7 heteroatoms. The molecule has 0 radical (unpaired) electrons. The highest BCUT2D eigenvalue weighted by Crippen LogP contribution is 2.31. The van der Waals surface area contributed by atoms with Crippen LogP contribution >= 0.6 is 0 Å². The van der Waals surface area contributed by atoms with Gasteiger partial charge in [0.15, 0.2) is 0 Å². The standard InChI is InChI=1S/C15H19F3N2O2/c1-4-10(2)19-14(22)9-20(11(3)21)13-7-5-6-12(8-13)15(16,17)18/h5-8,10H,4,9H2,1-3H3,(H,19,22). The van der Waals surface area contributed by atoms with Gasteiger partial charge in [-0.05, 0) is 31.5 Å². The van der Waals surface area contributed by atoms with Gasteiger partial charge in [-0.15, -0.1) is 0 Å². The number of alkyl halides is 3. The molecule has 0 aliphatic heterocycles. The van der Waals surface area contributed by atoms with Gasteiger partial charge in [0, 0.05) is 18.7 Å². The minimum absolute atomic E-state index is 0.0432. The van der Waals surface area contributed by atoms with E-state index in [-0.39, 0.29) is 18.3 Å². The first kappa shape index (κ1) is 18.0. The molecule has 1 aromatic carbocycles. The van der Waals surface area contributed by atoms with Crippen molar-refractivity contribution in [3.05, 3.63) is 29.8 Å². The van der Waals surface area contributed by atoms with Gasteiger partial charge >= 0.3 is 6.18 Å². The maximum Gasteiger partial charge on any atom is 0.416 e. The molecule has 0 bridgehead atoms. The zero-order valence-electron chi connectivity index (χ0n) is 12.7. The number of amides is 2. The van der Waals surface area contributed by atoms with Gasteiger partial charge < -0.3 is 10.2 Å². The lowest BCUT2D eigenvalue weighted by molar-refractivity contribution is -0.137. The summed E-state index contributed by atoms with van der Waals surface area (Å²) >= 11 is 0. The quantitative estimate of drug-likeness (QED) is 0.908. The molecular formula is C15H19F3N2O2. The van der Waals surface area contributed by atoms with E-state index in [9.17, 15) is 22.8 Å². The second-order valence-electron chi connectivity index (χ2n) is 5.03. The third kappa shape index (κ3) is 5.05. The Balaban J connectivity index is 2.97. The van der Waals surface area contributed by atoms with Crippen LogP contribution in [0.5, 0.6) is 0 Å². The topological polar surface area (TPSA) is 49.4 Å². The molecule has 1 aromatic rings. The second kappa shape index (κ2) is 7.29. The van der Waals surface area contributed by atoms with Gasteiger partial charge in [0.2, 0.25) is 11.8 Å². The van der Waals surface area contributed by atoms with E-state index < -0.39 is 23.6 Å². The molecule has 2 amide bonds. The summed E-state index contributed by atoms with van der Waals surface area (Å²) in [6.45, 7) is 4.58. The second-order valence-corrected chi connectivity index (χ2v) is 5.03. The summed E-state index contributed by atoms with van der Waals surface area (Å²) in [7, 11) is 0. The van der Waals surface area contributed by atoms with Crippen LogP contribution in [-0.4, -0.2) is 24.4 Å². The molecule has 0 aliphatic rings. The van der Waals surface area contributed by atoms with Crippen molar-refractivity contribution >= 4 is 17.5 Å². The normalized spacial score (nSPS) is 12.6. The molecule has 22 heavy (non-hydrogen) atoms. The molecule has 1 unspecified atom stereocenters. The van der Waals surface area contributed by atoms with Crippen molar-refractivity contribution in [2.45, 2.75) is 39.4 Å². The monoisotopic (exact) mass is 316 g/mol. The molecule has 4 nitrogen and oxygen atoms in total. The zero-order valence-corrected chi connectivity index (χ0v) is 12.7. The Morgan fingerprint density at radius 2 is 1.95 bits per heavy atom. The molecule has 122 valence electrons. The third-order valence-electron chi connectivity index (χ3n) is 3.19. The largest absolute Gasteiger partial charge is 0.416 e. The zero-order chi connectivity index (χ0) is 16.9. The predicted molar refractivity (Wildman–Crippen MR) is 77.4 cm³/mol. The number of anilines is 1. The smallest absolute Gasteiger partial charge is 0.352 e. The van der Waals surface area contributed by atoms with Crippen LogP contribution in [0.25, 0.3) is 0 Å². The van der Waals surface area contributed by atoms with E-state index in [1.54, 1.807) is 6.92 Å². The van der Waals surface area contributed by atoms with E-state index in [1.807, 2.05) is 6.92 Å². The van der Waals surface area contributed by atoms with E-state index in [4.69, 9.17) is 0 Å². The van der Waals surface area contributed by atoms with Crippen LogP contribution < -0.4 is 10.2 Å². The number of nitrogens with zero attached hydrogens (tertiary/aromatic N) is 1. The average Bonchev–Trinajstić information content (AvgIpc) is 2.43. The predicted octanol–water partition coefficient (Wildman–Crippen LogP) is 2.97. The van der Waals surface area contributed by atoms with E-state index in [0.717, 1.165) is 23.5 Å². The maximum absolute atomic E-state index is 12.7. The van der Waals surface area contributed by atoms with Crippen molar-refractivity contribution in [3.63, 3.8) is 0 Å². The fourth-order valence-corrected chi connectivity index (χ4v) is 1.80. The molecule has 1 rings (SSSR count). The maximum atomic E-state index is 12.7. The van der Waals surface area contributed by atoms with Crippen molar-refractivity contribution in [1.82, 2.24) is 5.32 Å². The number of carbonyl (C=O) groups is 2. The highest BCUT2D eigenvalue weighted by molar-refractivity contribution is 5.97. The summed E-state index contributed by atoms with van der Waals surface area (Å²) < 4.78 is 38.2. The molecule has 0 spiro atoms. The number of nitrogens with one attached hydrogen (secondary N) is 1. The highest BCUT2D eigenvalue weighted by Gasteiger charge is 2.31. The fourth-order valence-electron chi connectivity index (χ4n) is 1.80. The lowest BCUT2D eigenvalue weighted by atomic mass is 10.1. The van der Waals surface area contributed by atoms with Crippen molar-refractivity contribution in [2.75, 3.05) is 11.4 Å². The van der Waals surface area contributed by atoms with Crippen LogP contribution in [0.1, 0.15) is 32.8 Å². The molecule has 1 N–H and O–H groups in total. The third-order valence-corrected chi connectivity index (χ3v) is 3.19. The molecular weight excluding hydrogens is 297 g/mol. The molecule has 0 aliphatic carbocycles. The van der Waals surface area contributed by atoms with Crippen LogP contribution in [0.3, 0.4) is 0 Å². The Kier molecular flexibility index (Phi) is 5.96. The average molecular weight is 316 g/mol. The minimum atomic E-state index is -4.50. The number of rotatable bonds is 5. The van der Waals surface area contributed by atoms with Crippen LogP contribution in [0.15, 0.2) is 24.3 Å². The Labute approximate surface area is 127 Å². The van der Waals surface area contributed by atoms with Gasteiger partial charge in [-0.1, -0.05) is 13.0 Å². The van der Waals surface area contributed by atoms with E-state index in [1.165, 1.54) is 19.1 Å².